The molecule has 2 N–H and O–H groups in total. The van der Waals surface area contributed by atoms with Crippen molar-refractivity contribution in [3.63, 3.8) is 0 Å². The van der Waals surface area contributed by atoms with E-state index in [1.807, 2.05) is 60.7 Å². The van der Waals surface area contributed by atoms with Gasteiger partial charge in [0.1, 0.15) is 18.2 Å². The number of carbonyl (C=O) groups is 2. The minimum Gasteiger partial charge on any atom is -0.445 e. The van der Waals surface area contributed by atoms with Crippen LogP contribution in [0.3, 0.4) is 0 Å². The molecule has 2 heterocycles. The Hall–Kier alpha value is -2.86. The molecule has 146 valence electrons. The van der Waals surface area contributed by atoms with Crippen LogP contribution in [0.1, 0.15) is 30.4 Å². The van der Waals surface area contributed by atoms with E-state index in [4.69, 9.17) is 4.74 Å². The number of piperidine rings is 1. The van der Waals surface area contributed by atoms with Crippen molar-refractivity contribution in [2.24, 2.45) is 0 Å². The zero-order valence-corrected chi connectivity index (χ0v) is 15.6. The van der Waals surface area contributed by atoms with Gasteiger partial charge in [0, 0.05) is 13.0 Å². The number of ether oxygens (including phenoxy) is 1. The van der Waals surface area contributed by atoms with E-state index in [0.717, 1.165) is 24.0 Å². The summed E-state index contributed by atoms with van der Waals surface area (Å²) in [5.74, 6) is -0.153. The highest BCUT2D eigenvalue weighted by Gasteiger charge is 2.53. The summed E-state index contributed by atoms with van der Waals surface area (Å²) in [7, 11) is 0. The fourth-order valence-electron chi connectivity index (χ4n) is 4.32. The van der Waals surface area contributed by atoms with Gasteiger partial charge in [-0.05, 0) is 24.0 Å². The number of aliphatic hydroxyl groups is 1. The van der Waals surface area contributed by atoms with Crippen molar-refractivity contribution in [3.05, 3.63) is 71.8 Å². The quantitative estimate of drug-likeness (QED) is 0.855. The summed E-state index contributed by atoms with van der Waals surface area (Å²) in [6, 6.07) is 17.7. The third kappa shape index (κ3) is 3.47. The van der Waals surface area contributed by atoms with Gasteiger partial charge in [-0.1, -0.05) is 60.7 Å². The smallest absolute Gasteiger partial charge is 0.408 e. The van der Waals surface area contributed by atoms with Crippen molar-refractivity contribution >= 4 is 12.0 Å². The first-order valence-electron chi connectivity index (χ1n) is 9.63. The highest BCUT2D eigenvalue weighted by atomic mass is 16.5. The van der Waals surface area contributed by atoms with Gasteiger partial charge < -0.3 is 20.1 Å². The molecular formula is C22H24N2O4. The molecule has 6 nitrogen and oxygen atoms in total. The number of nitrogens with one attached hydrogen (secondary N) is 1. The molecule has 3 atom stereocenters. The Bertz CT molecular complexity index is 842. The number of hydrogen-bond acceptors (Lipinski definition) is 4. The lowest BCUT2D eigenvalue weighted by atomic mass is 9.77. The molecular weight excluding hydrogens is 356 g/mol. The third-order valence-electron chi connectivity index (χ3n) is 5.68. The Balaban J connectivity index is 1.49. The van der Waals surface area contributed by atoms with Crippen LogP contribution in [0.4, 0.5) is 4.79 Å². The van der Waals surface area contributed by atoms with Gasteiger partial charge in [0.05, 0.1) is 6.04 Å². The largest absolute Gasteiger partial charge is 0.445 e. The molecule has 6 heteroatoms. The fourth-order valence-corrected chi connectivity index (χ4v) is 4.32. The number of carbonyl (C=O) groups excluding carboxylic acids is 2. The highest BCUT2D eigenvalue weighted by Crippen LogP contribution is 2.42. The summed E-state index contributed by atoms with van der Waals surface area (Å²) in [5, 5.41) is 14.2. The second kappa shape index (κ2) is 7.64. The number of nitrogens with zero attached hydrogens (tertiary/aromatic N) is 1. The molecule has 0 unspecified atom stereocenters. The van der Waals surface area contributed by atoms with Crippen molar-refractivity contribution in [1.29, 1.82) is 0 Å². The molecule has 2 aromatic carbocycles. The lowest BCUT2D eigenvalue weighted by molar-refractivity contribution is -0.153. The zero-order chi connectivity index (χ0) is 19.6. The number of rotatable bonds is 4. The molecule has 0 saturated carbocycles. The van der Waals surface area contributed by atoms with Gasteiger partial charge >= 0.3 is 6.09 Å². The van der Waals surface area contributed by atoms with Crippen LogP contribution in [0.2, 0.25) is 0 Å². The molecule has 0 spiro atoms. The normalized spacial score (nSPS) is 26.6. The average molecular weight is 380 g/mol. The Kier molecular flexibility index (Phi) is 5.05. The Labute approximate surface area is 164 Å². The van der Waals surface area contributed by atoms with E-state index >= 15 is 0 Å². The zero-order valence-electron chi connectivity index (χ0n) is 15.6. The van der Waals surface area contributed by atoms with E-state index in [0.29, 0.717) is 6.54 Å². The molecule has 2 saturated heterocycles. The molecule has 2 aliphatic rings. The minimum absolute atomic E-state index is 0.128. The summed E-state index contributed by atoms with van der Waals surface area (Å²) >= 11 is 0. The van der Waals surface area contributed by atoms with Gasteiger partial charge in [-0.25, -0.2) is 4.79 Å². The summed E-state index contributed by atoms with van der Waals surface area (Å²) < 4.78 is 5.26. The molecule has 2 amide bonds. The van der Waals surface area contributed by atoms with E-state index in [-0.39, 0.29) is 25.0 Å². The van der Waals surface area contributed by atoms with E-state index in [2.05, 4.69) is 5.32 Å². The van der Waals surface area contributed by atoms with E-state index in [1.165, 1.54) is 0 Å². The highest BCUT2D eigenvalue weighted by molar-refractivity contribution is 5.87. The maximum absolute atomic E-state index is 12.9. The predicted octanol–water partition coefficient (Wildman–Crippen LogP) is 2.56. The van der Waals surface area contributed by atoms with Crippen LogP contribution in [0.15, 0.2) is 60.7 Å². The predicted molar refractivity (Wildman–Crippen MR) is 103 cm³/mol. The van der Waals surface area contributed by atoms with E-state index in [9.17, 15) is 14.7 Å². The maximum Gasteiger partial charge on any atom is 0.408 e. The number of alkyl carbamates (subject to hydrolysis) is 1. The second-order valence-corrected chi connectivity index (χ2v) is 7.44. The molecule has 2 fully saturated rings. The average Bonchev–Trinajstić information content (AvgIpc) is 3.23. The van der Waals surface area contributed by atoms with Crippen molar-refractivity contribution in [2.45, 2.75) is 43.6 Å². The topological polar surface area (TPSA) is 78.9 Å². The lowest BCUT2D eigenvalue weighted by Gasteiger charge is -2.46. The van der Waals surface area contributed by atoms with Crippen molar-refractivity contribution in [2.75, 3.05) is 6.54 Å². The van der Waals surface area contributed by atoms with Crippen LogP contribution >= 0.6 is 0 Å². The van der Waals surface area contributed by atoms with E-state index < -0.39 is 17.7 Å². The summed E-state index contributed by atoms with van der Waals surface area (Å²) in [5.41, 5.74) is 0.445. The maximum atomic E-state index is 12.9. The van der Waals surface area contributed by atoms with E-state index in [1.54, 1.807) is 4.90 Å². The standard InChI is InChI=1S/C22H24N2O4/c25-20-18(23-21(26)28-15-16-8-3-1-4-9-16)14-22(27,17-10-5-2-6-11-17)19-12-7-13-24(19)20/h1-6,8-11,18-19,27H,7,12-15H2,(H,23,26)/t18-,19+,22+/m0/s1. The first kappa shape index (κ1) is 18.5. The number of benzene rings is 2. The van der Waals surface area contributed by atoms with Crippen molar-refractivity contribution in [3.8, 4) is 0 Å². The van der Waals surface area contributed by atoms with Crippen LogP contribution in [0.5, 0.6) is 0 Å². The van der Waals surface area contributed by atoms with Crippen LogP contribution < -0.4 is 5.32 Å². The monoisotopic (exact) mass is 380 g/mol. The first-order chi connectivity index (χ1) is 13.6. The van der Waals surface area contributed by atoms with Gasteiger partial charge in [0.25, 0.3) is 0 Å². The summed E-state index contributed by atoms with van der Waals surface area (Å²) in [4.78, 5) is 26.9. The molecule has 4 rings (SSSR count). The molecule has 0 aliphatic carbocycles. The lowest BCUT2D eigenvalue weighted by Crippen LogP contribution is -2.63. The Morgan fingerprint density at radius 2 is 1.82 bits per heavy atom. The molecule has 0 aromatic heterocycles. The number of amides is 2. The Morgan fingerprint density at radius 1 is 1.14 bits per heavy atom. The van der Waals surface area contributed by atoms with Crippen molar-refractivity contribution in [1.82, 2.24) is 10.2 Å². The van der Waals surface area contributed by atoms with Gasteiger partial charge in [-0.2, -0.15) is 0 Å². The minimum atomic E-state index is -1.19. The molecule has 2 aliphatic heterocycles. The SMILES string of the molecule is O=C(N[C@H]1C[C@@](O)(c2ccccc2)[C@H]2CCCN2C1=O)OCc1ccccc1. The molecule has 0 radical (unpaired) electrons. The third-order valence-corrected chi connectivity index (χ3v) is 5.68. The number of fused-ring (bicyclic) bond motifs is 1. The van der Waals surface area contributed by atoms with Crippen LogP contribution in [0, 0.1) is 0 Å². The second-order valence-electron chi connectivity index (χ2n) is 7.44. The van der Waals surface area contributed by atoms with Gasteiger partial charge in [0.15, 0.2) is 0 Å². The summed E-state index contributed by atoms with van der Waals surface area (Å²) in [6.07, 6.45) is 1.08. The van der Waals surface area contributed by atoms with Gasteiger partial charge in [0.2, 0.25) is 5.91 Å². The van der Waals surface area contributed by atoms with Crippen LogP contribution in [0.25, 0.3) is 0 Å². The fraction of sp³-hybridized carbons (Fsp3) is 0.364. The molecule has 28 heavy (non-hydrogen) atoms. The van der Waals surface area contributed by atoms with Crippen molar-refractivity contribution < 1.29 is 19.4 Å². The van der Waals surface area contributed by atoms with Crippen LogP contribution in [-0.2, 0) is 21.7 Å². The first-order valence-corrected chi connectivity index (χ1v) is 9.63. The number of hydrogen-bond donors (Lipinski definition) is 2. The van der Waals surface area contributed by atoms with Crippen LogP contribution in [-0.4, -0.2) is 40.6 Å². The Morgan fingerprint density at radius 3 is 2.54 bits per heavy atom. The molecule has 0 bridgehead atoms. The summed E-state index contributed by atoms with van der Waals surface area (Å²) in [6.45, 7) is 0.721. The van der Waals surface area contributed by atoms with Gasteiger partial charge in [-0.3, -0.25) is 4.79 Å². The van der Waals surface area contributed by atoms with Gasteiger partial charge in [-0.15, -0.1) is 0 Å². The molecule has 2 aromatic rings.